The Morgan fingerprint density at radius 1 is 0.789 bits per heavy atom. The number of phenols is 2. The highest BCUT2D eigenvalue weighted by Crippen LogP contribution is 2.28. The van der Waals surface area contributed by atoms with Crippen molar-refractivity contribution in [2.75, 3.05) is 0 Å². The van der Waals surface area contributed by atoms with Crippen LogP contribution in [0.2, 0.25) is 0 Å². The fourth-order valence-electron chi connectivity index (χ4n) is 2.44. The molecule has 19 heavy (non-hydrogen) atoms. The molecule has 0 aromatic heterocycles. The van der Waals surface area contributed by atoms with Gasteiger partial charge in [0.15, 0.2) is 0 Å². The van der Waals surface area contributed by atoms with Crippen LogP contribution in [0.4, 0.5) is 0 Å². The van der Waals surface area contributed by atoms with E-state index in [-0.39, 0.29) is 0 Å². The summed E-state index contributed by atoms with van der Waals surface area (Å²) >= 11 is 0. The van der Waals surface area contributed by atoms with Gasteiger partial charge in [0.1, 0.15) is 11.5 Å². The predicted octanol–water partition coefficient (Wildman–Crippen LogP) is 3.92. The van der Waals surface area contributed by atoms with E-state index in [9.17, 15) is 10.2 Å². The minimum Gasteiger partial charge on any atom is -0.507 e. The summed E-state index contributed by atoms with van der Waals surface area (Å²) < 4.78 is 0. The number of hydrogen-bond acceptors (Lipinski definition) is 2. The number of aromatic hydroxyl groups is 2. The van der Waals surface area contributed by atoms with Gasteiger partial charge in [-0.15, -0.1) is 0 Å². The fraction of sp³-hybridized carbons (Fsp3) is 0.294. The second-order valence-corrected chi connectivity index (χ2v) is 5.27. The maximum atomic E-state index is 9.98. The Balaban J connectivity index is 2.39. The Kier molecular flexibility index (Phi) is 3.52. The van der Waals surface area contributed by atoms with Crippen molar-refractivity contribution >= 4 is 0 Å². The summed E-state index contributed by atoms with van der Waals surface area (Å²) in [4.78, 5) is 0. The van der Waals surface area contributed by atoms with E-state index >= 15 is 0 Å². The molecular weight excluding hydrogens is 236 g/mol. The van der Waals surface area contributed by atoms with Crippen LogP contribution < -0.4 is 0 Å². The Labute approximate surface area is 114 Å². The second-order valence-electron chi connectivity index (χ2n) is 5.27. The maximum Gasteiger partial charge on any atom is 0.121 e. The van der Waals surface area contributed by atoms with Gasteiger partial charge < -0.3 is 10.2 Å². The van der Waals surface area contributed by atoms with Crippen molar-refractivity contribution in [3.8, 4) is 11.5 Å². The molecule has 2 aromatic carbocycles. The lowest BCUT2D eigenvalue weighted by molar-refractivity contribution is 0.465. The molecule has 2 nitrogen and oxygen atoms in total. The molecule has 2 N–H and O–H groups in total. The first-order chi connectivity index (χ1) is 8.90. The molecule has 0 radical (unpaired) electrons. The third-order valence-electron chi connectivity index (χ3n) is 3.69. The van der Waals surface area contributed by atoms with E-state index in [0.717, 1.165) is 39.8 Å². The minimum absolute atomic E-state index is 0.368. The van der Waals surface area contributed by atoms with Crippen LogP contribution in [0.3, 0.4) is 0 Å². The van der Waals surface area contributed by atoms with E-state index in [1.165, 1.54) is 0 Å². The molecule has 2 rings (SSSR count). The van der Waals surface area contributed by atoms with Crippen LogP contribution in [0.5, 0.6) is 11.5 Å². The predicted molar refractivity (Wildman–Crippen MR) is 78.0 cm³/mol. The van der Waals surface area contributed by atoms with E-state index in [0.29, 0.717) is 11.5 Å². The number of rotatable bonds is 2. The minimum atomic E-state index is 0.368. The Hall–Kier alpha value is -1.96. The quantitative estimate of drug-likeness (QED) is 0.855. The standard InChI is InChI=1S/C17H20O2/c1-10-5-6-15(13(4)17(10)19)9-14-7-11(2)16(18)12(3)8-14/h5-8,18-19H,9H2,1-4H3. The summed E-state index contributed by atoms with van der Waals surface area (Å²) in [6.45, 7) is 7.66. The third-order valence-corrected chi connectivity index (χ3v) is 3.69. The largest absolute Gasteiger partial charge is 0.507 e. The number of phenolic OH excluding ortho intramolecular Hbond substituents is 2. The lowest BCUT2D eigenvalue weighted by Crippen LogP contribution is -1.95. The molecule has 0 atom stereocenters. The van der Waals surface area contributed by atoms with Crippen molar-refractivity contribution in [1.29, 1.82) is 0 Å². The van der Waals surface area contributed by atoms with Crippen molar-refractivity contribution in [1.82, 2.24) is 0 Å². The van der Waals surface area contributed by atoms with Crippen LogP contribution in [-0.2, 0) is 6.42 Å². The molecule has 0 amide bonds. The average molecular weight is 256 g/mol. The van der Waals surface area contributed by atoms with Crippen molar-refractivity contribution in [2.24, 2.45) is 0 Å². The van der Waals surface area contributed by atoms with Gasteiger partial charge in [-0.05, 0) is 67.5 Å². The molecule has 0 aliphatic heterocycles. The van der Waals surface area contributed by atoms with E-state index in [1.807, 2.05) is 45.9 Å². The summed E-state index contributed by atoms with van der Waals surface area (Å²) in [6.07, 6.45) is 0.766. The second kappa shape index (κ2) is 4.96. The van der Waals surface area contributed by atoms with Crippen molar-refractivity contribution in [2.45, 2.75) is 34.1 Å². The van der Waals surface area contributed by atoms with Gasteiger partial charge >= 0.3 is 0 Å². The number of benzene rings is 2. The molecule has 0 aliphatic carbocycles. The summed E-state index contributed by atoms with van der Waals surface area (Å²) in [5, 5.41) is 19.8. The van der Waals surface area contributed by atoms with Gasteiger partial charge in [0.05, 0.1) is 0 Å². The van der Waals surface area contributed by atoms with Crippen LogP contribution in [-0.4, -0.2) is 10.2 Å². The lowest BCUT2D eigenvalue weighted by atomic mass is 9.95. The smallest absolute Gasteiger partial charge is 0.121 e. The molecule has 0 aliphatic rings. The van der Waals surface area contributed by atoms with Crippen molar-refractivity contribution < 1.29 is 10.2 Å². The van der Waals surface area contributed by atoms with Crippen LogP contribution in [0.1, 0.15) is 33.4 Å². The summed E-state index contributed by atoms with van der Waals surface area (Å²) in [5.74, 6) is 0.747. The summed E-state index contributed by atoms with van der Waals surface area (Å²) in [5.41, 5.74) is 5.89. The SMILES string of the molecule is Cc1cc(Cc2ccc(C)c(O)c2C)cc(C)c1O. The zero-order chi connectivity index (χ0) is 14.2. The molecule has 0 bridgehead atoms. The van der Waals surface area contributed by atoms with Crippen LogP contribution in [0.25, 0.3) is 0 Å². The van der Waals surface area contributed by atoms with Gasteiger partial charge in [-0.1, -0.05) is 24.3 Å². The number of hydrogen-bond donors (Lipinski definition) is 2. The Morgan fingerprint density at radius 2 is 1.37 bits per heavy atom. The van der Waals surface area contributed by atoms with Gasteiger partial charge in [0.25, 0.3) is 0 Å². The van der Waals surface area contributed by atoms with E-state index in [2.05, 4.69) is 6.07 Å². The molecule has 0 saturated heterocycles. The molecule has 0 unspecified atom stereocenters. The molecule has 0 saturated carbocycles. The monoisotopic (exact) mass is 256 g/mol. The highest BCUT2D eigenvalue weighted by Gasteiger charge is 2.09. The third kappa shape index (κ3) is 2.58. The maximum absolute atomic E-state index is 9.98. The molecule has 2 heteroatoms. The Bertz CT molecular complexity index is 604. The molecule has 100 valence electrons. The van der Waals surface area contributed by atoms with E-state index < -0.39 is 0 Å². The van der Waals surface area contributed by atoms with Crippen LogP contribution in [0.15, 0.2) is 24.3 Å². The number of aryl methyl sites for hydroxylation is 3. The highest BCUT2D eigenvalue weighted by atomic mass is 16.3. The average Bonchev–Trinajstić information content (AvgIpc) is 2.36. The van der Waals surface area contributed by atoms with Crippen molar-refractivity contribution in [3.63, 3.8) is 0 Å². The zero-order valence-electron chi connectivity index (χ0n) is 11.9. The normalized spacial score (nSPS) is 10.7. The lowest BCUT2D eigenvalue weighted by Gasteiger charge is -2.12. The molecular formula is C17H20O2. The van der Waals surface area contributed by atoms with Crippen LogP contribution in [0, 0.1) is 27.7 Å². The van der Waals surface area contributed by atoms with Gasteiger partial charge in [0, 0.05) is 0 Å². The van der Waals surface area contributed by atoms with Gasteiger partial charge in [-0.25, -0.2) is 0 Å². The highest BCUT2D eigenvalue weighted by molar-refractivity contribution is 5.48. The van der Waals surface area contributed by atoms with Gasteiger partial charge in [-0.3, -0.25) is 0 Å². The summed E-state index contributed by atoms with van der Waals surface area (Å²) in [7, 11) is 0. The summed E-state index contributed by atoms with van der Waals surface area (Å²) in [6, 6.07) is 8.00. The van der Waals surface area contributed by atoms with E-state index in [1.54, 1.807) is 0 Å². The molecule has 0 fully saturated rings. The first kappa shape index (κ1) is 13.5. The topological polar surface area (TPSA) is 40.5 Å². The van der Waals surface area contributed by atoms with Gasteiger partial charge in [0.2, 0.25) is 0 Å². The molecule has 0 spiro atoms. The zero-order valence-corrected chi connectivity index (χ0v) is 11.9. The molecule has 2 aromatic rings. The van der Waals surface area contributed by atoms with Crippen LogP contribution >= 0.6 is 0 Å². The fourth-order valence-corrected chi connectivity index (χ4v) is 2.44. The van der Waals surface area contributed by atoms with Gasteiger partial charge in [-0.2, -0.15) is 0 Å². The first-order valence-corrected chi connectivity index (χ1v) is 6.47. The van der Waals surface area contributed by atoms with Crippen molar-refractivity contribution in [3.05, 3.63) is 57.6 Å². The molecule has 0 heterocycles. The first-order valence-electron chi connectivity index (χ1n) is 6.47. The van der Waals surface area contributed by atoms with E-state index in [4.69, 9.17) is 0 Å². The Morgan fingerprint density at radius 3 is 1.95 bits per heavy atom.